The molecule has 1 N–H and O–H groups in total. The van der Waals surface area contributed by atoms with E-state index in [1.807, 2.05) is 24.3 Å². The Labute approximate surface area is 155 Å². The van der Waals surface area contributed by atoms with Crippen molar-refractivity contribution in [1.82, 2.24) is 5.43 Å². The van der Waals surface area contributed by atoms with E-state index in [0.717, 1.165) is 29.3 Å². The van der Waals surface area contributed by atoms with Gasteiger partial charge >= 0.3 is 0 Å². The van der Waals surface area contributed by atoms with E-state index in [1.54, 1.807) is 0 Å². The number of rotatable bonds is 5. The summed E-state index contributed by atoms with van der Waals surface area (Å²) in [5.74, 6) is -0.788. The molecule has 2 aromatic carbocycles. The van der Waals surface area contributed by atoms with Crippen LogP contribution in [-0.2, 0) is 5.41 Å². The SMILES string of the molecule is CC(C)(C)c1ccc(/C=N/NC(=O)c2cc([N+](=O)[O-])cc([N+](=O)[O-])c2)cc1. The Morgan fingerprint density at radius 3 is 1.96 bits per heavy atom. The second kappa shape index (κ2) is 7.73. The van der Waals surface area contributed by atoms with Gasteiger partial charge in [0.05, 0.1) is 27.7 Å². The average Bonchev–Trinajstić information content (AvgIpc) is 2.60. The van der Waals surface area contributed by atoms with Crippen LogP contribution in [0, 0.1) is 20.2 Å². The second-order valence-corrected chi connectivity index (χ2v) is 6.82. The maximum absolute atomic E-state index is 12.1. The van der Waals surface area contributed by atoms with Gasteiger partial charge in [0.15, 0.2) is 0 Å². The zero-order valence-corrected chi connectivity index (χ0v) is 15.0. The Morgan fingerprint density at radius 2 is 1.52 bits per heavy atom. The fraction of sp³-hybridized carbons (Fsp3) is 0.222. The van der Waals surface area contributed by atoms with Gasteiger partial charge in [0.2, 0.25) is 0 Å². The van der Waals surface area contributed by atoms with Crippen molar-refractivity contribution in [2.24, 2.45) is 5.10 Å². The number of nitrogens with one attached hydrogen (secondary N) is 1. The van der Waals surface area contributed by atoms with Gasteiger partial charge in [-0.2, -0.15) is 5.10 Å². The van der Waals surface area contributed by atoms with Crippen LogP contribution in [0.2, 0.25) is 0 Å². The Hall–Kier alpha value is -3.62. The van der Waals surface area contributed by atoms with Crippen molar-refractivity contribution in [1.29, 1.82) is 0 Å². The van der Waals surface area contributed by atoms with Gasteiger partial charge in [0.25, 0.3) is 17.3 Å². The normalized spacial score (nSPS) is 11.4. The maximum Gasteiger partial charge on any atom is 0.277 e. The lowest BCUT2D eigenvalue weighted by molar-refractivity contribution is -0.394. The highest BCUT2D eigenvalue weighted by molar-refractivity contribution is 5.96. The maximum atomic E-state index is 12.1. The third-order valence-corrected chi connectivity index (χ3v) is 3.74. The summed E-state index contributed by atoms with van der Waals surface area (Å²) in [5.41, 5.74) is 2.80. The Balaban J connectivity index is 2.14. The Bertz CT molecular complexity index is 882. The monoisotopic (exact) mass is 370 g/mol. The van der Waals surface area contributed by atoms with Crippen molar-refractivity contribution in [2.45, 2.75) is 26.2 Å². The molecular weight excluding hydrogens is 352 g/mol. The standard InChI is InChI=1S/C18H18N4O5/c1-18(2,3)14-6-4-12(5-7-14)11-19-20-17(23)13-8-15(21(24)25)10-16(9-13)22(26)27/h4-11H,1-3H3,(H,20,23)/b19-11+. The summed E-state index contributed by atoms with van der Waals surface area (Å²) in [6, 6.07) is 10.3. The molecule has 0 aliphatic heterocycles. The van der Waals surface area contributed by atoms with E-state index in [2.05, 4.69) is 31.3 Å². The zero-order chi connectivity index (χ0) is 20.2. The van der Waals surface area contributed by atoms with Crippen LogP contribution in [-0.4, -0.2) is 22.0 Å². The second-order valence-electron chi connectivity index (χ2n) is 6.82. The number of carbonyl (C=O) groups is 1. The molecule has 0 fully saturated rings. The first-order chi connectivity index (χ1) is 12.6. The molecular formula is C18H18N4O5. The molecule has 0 atom stereocenters. The Kier molecular flexibility index (Phi) is 5.64. The highest BCUT2D eigenvalue weighted by Gasteiger charge is 2.19. The van der Waals surface area contributed by atoms with Crippen LogP contribution >= 0.6 is 0 Å². The zero-order valence-electron chi connectivity index (χ0n) is 15.0. The molecule has 2 aromatic rings. The summed E-state index contributed by atoms with van der Waals surface area (Å²) in [6.07, 6.45) is 1.41. The first-order valence-corrected chi connectivity index (χ1v) is 7.96. The van der Waals surface area contributed by atoms with Gasteiger partial charge in [0.1, 0.15) is 0 Å². The van der Waals surface area contributed by atoms with Gasteiger partial charge in [-0.05, 0) is 16.5 Å². The summed E-state index contributed by atoms with van der Waals surface area (Å²) >= 11 is 0. The van der Waals surface area contributed by atoms with Crippen molar-refractivity contribution in [3.63, 3.8) is 0 Å². The van der Waals surface area contributed by atoms with Gasteiger partial charge < -0.3 is 0 Å². The molecule has 0 saturated heterocycles. The molecule has 0 bridgehead atoms. The number of nitrogens with zero attached hydrogens (tertiary/aromatic N) is 3. The van der Waals surface area contributed by atoms with Crippen LogP contribution in [0.4, 0.5) is 11.4 Å². The van der Waals surface area contributed by atoms with Crippen LogP contribution in [0.3, 0.4) is 0 Å². The van der Waals surface area contributed by atoms with Crippen LogP contribution in [0.1, 0.15) is 42.3 Å². The lowest BCUT2D eigenvalue weighted by atomic mass is 9.87. The number of hydrogen-bond donors (Lipinski definition) is 1. The smallest absolute Gasteiger partial charge is 0.267 e. The van der Waals surface area contributed by atoms with E-state index in [1.165, 1.54) is 6.21 Å². The minimum absolute atomic E-state index is 0.0145. The number of nitro groups is 2. The predicted molar refractivity (Wildman–Crippen MR) is 100.0 cm³/mol. The van der Waals surface area contributed by atoms with E-state index in [9.17, 15) is 25.0 Å². The lowest BCUT2D eigenvalue weighted by Crippen LogP contribution is -2.18. The summed E-state index contributed by atoms with van der Waals surface area (Å²) in [6.45, 7) is 6.28. The van der Waals surface area contributed by atoms with E-state index in [0.29, 0.717) is 0 Å². The summed E-state index contributed by atoms with van der Waals surface area (Å²) in [4.78, 5) is 32.2. The largest absolute Gasteiger partial charge is 0.277 e. The van der Waals surface area contributed by atoms with Gasteiger partial charge in [0, 0.05) is 12.1 Å². The van der Waals surface area contributed by atoms with Crippen molar-refractivity contribution in [3.8, 4) is 0 Å². The van der Waals surface area contributed by atoms with E-state index >= 15 is 0 Å². The molecule has 0 unspecified atom stereocenters. The van der Waals surface area contributed by atoms with E-state index in [-0.39, 0.29) is 11.0 Å². The summed E-state index contributed by atoms with van der Waals surface area (Å²) < 4.78 is 0. The first kappa shape index (κ1) is 19.7. The summed E-state index contributed by atoms with van der Waals surface area (Å²) in [7, 11) is 0. The van der Waals surface area contributed by atoms with Crippen LogP contribution in [0.25, 0.3) is 0 Å². The van der Waals surface area contributed by atoms with Crippen LogP contribution < -0.4 is 5.43 Å². The molecule has 27 heavy (non-hydrogen) atoms. The minimum atomic E-state index is -0.802. The van der Waals surface area contributed by atoms with Crippen LogP contribution in [0.15, 0.2) is 47.6 Å². The van der Waals surface area contributed by atoms with Crippen LogP contribution in [0.5, 0.6) is 0 Å². The lowest BCUT2D eigenvalue weighted by Gasteiger charge is -2.18. The number of benzene rings is 2. The number of nitro benzene ring substituents is 2. The van der Waals surface area contributed by atoms with Gasteiger partial charge in [-0.25, -0.2) is 5.43 Å². The predicted octanol–water partition coefficient (Wildman–Crippen LogP) is 3.56. The van der Waals surface area contributed by atoms with Crippen molar-refractivity contribution < 1.29 is 14.6 Å². The molecule has 0 aliphatic carbocycles. The molecule has 2 rings (SSSR count). The highest BCUT2D eigenvalue weighted by Crippen LogP contribution is 2.23. The molecule has 1 amide bonds. The fourth-order valence-corrected chi connectivity index (χ4v) is 2.24. The van der Waals surface area contributed by atoms with E-state index < -0.39 is 27.1 Å². The number of hydrazone groups is 1. The van der Waals surface area contributed by atoms with Crippen molar-refractivity contribution >= 4 is 23.5 Å². The topological polar surface area (TPSA) is 128 Å². The quantitative estimate of drug-likeness (QED) is 0.489. The summed E-state index contributed by atoms with van der Waals surface area (Å²) in [5, 5.41) is 25.5. The molecule has 0 aromatic heterocycles. The third kappa shape index (κ3) is 5.18. The molecule has 0 heterocycles. The molecule has 0 radical (unpaired) electrons. The van der Waals surface area contributed by atoms with Crippen molar-refractivity contribution in [3.05, 3.63) is 79.4 Å². The molecule has 0 spiro atoms. The van der Waals surface area contributed by atoms with Crippen molar-refractivity contribution in [2.75, 3.05) is 0 Å². The highest BCUT2D eigenvalue weighted by atomic mass is 16.6. The molecule has 0 aliphatic rings. The molecule has 9 heteroatoms. The molecule has 9 nitrogen and oxygen atoms in total. The molecule has 0 saturated carbocycles. The number of carbonyl (C=O) groups excluding carboxylic acids is 1. The fourth-order valence-electron chi connectivity index (χ4n) is 2.24. The minimum Gasteiger partial charge on any atom is -0.267 e. The average molecular weight is 370 g/mol. The van der Waals surface area contributed by atoms with E-state index in [4.69, 9.17) is 0 Å². The number of amides is 1. The third-order valence-electron chi connectivity index (χ3n) is 3.74. The Morgan fingerprint density at radius 1 is 1.00 bits per heavy atom. The molecule has 140 valence electrons. The van der Waals surface area contributed by atoms with Gasteiger partial charge in [-0.3, -0.25) is 25.0 Å². The number of non-ortho nitro benzene ring substituents is 2. The van der Waals surface area contributed by atoms with Gasteiger partial charge in [-0.1, -0.05) is 45.0 Å². The number of hydrogen-bond acceptors (Lipinski definition) is 6. The van der Waals surface area contributed by atoms with Gasteiger partial charge in [-0.15, -0.1) is 0 Å². The first-order valence-electron chi connectivity index (χ1n) is 7.96.